The third kappa shape index (κ3) is 3.04. The van der Waals surface area contributed by atoms with Crippen LogP contribution in [-0.4, -0.2) is 4.98 Å². The normalized spacial score (nSPS) is 10.8. The van der Waals surface area contributed by atoms with Crippen LogP contribution in [0.15, 0.2) is 32.3 Å². The molecule has 0 saturated heterocycles. The molecule has 0 radical (unpaired) electrons. The predicted molar refractivity (Wildman–Crippen MR) is 74.1 cm³/mol. The van der Waals surface area contributed by atoms with Crippen molar-refractivity contribution in [3.05, 3.63) is 39.7 Å². The van der Waals surface area contributed by atoms with Crippen molar-refractivity contribution in [2.75, 3.05) is 5.73 Å². The summed E-state index contributed by atoms with van der Waals surface area (Å²) in [6, 6.07) is 5.95. The zero-order chi connectivity index (χ0) is 12.4. The molecule has 1 heterocycles. The third-order valence-electron chi connectivity index (χ3n) is 2.43. The van der Waals surface area contributed by atoms with Crippen LogP contribution in [0.5, 0.6) is 0 Å². The second-order valence-electron chi connectivity index (χ2n) is 3.77. The third-order valence-corrected chi connectivity index (χ3v) is 4.05. The topological polar surface area (TPSA) is 52.0 Å². The molecule has 5 heteroatoms. The van der Waals surface area contributed by atoms with Crippen molar-refractivity contribution >= 4 is 33.4 Å². The molecule has 0 aliphatic heterocycles. The molecule has 0 saturated carbocycles. The number of hydrogen-bond acceptors (Lipinski definition) is 4. The van der Waals surface area contributed by atoms with E-state index >= 15 is 0 Å². The Balaban J connectivity index is 2.04. The first kappa shape index (κ1) is 12.5. The van der Waals surface area contributed by atoms with Crippen LogP contribution in [0.25, 0.3) is 0 Å². The smallest absolute Gasteiger partial charge is 0.256 e. The van der Waals surface area contributed by atoms with Gasteiger partial charge in [-0.2, -0.15) is 0 Å². The van der Waals surface area contributed by atoms with Gasteiger partial charge in [0.1, 0.15) is 5.76 Å². The molecule has 2 aromatic rings. The molecule has 0 atom stereocenters. The van der Waals surface area contributed by atoms with Crippen molar-refractivity contribution in [2.45, 2.75) is 24.8 Å². The van der Waals surface area contributed by atoms with Crippen molar-refractivity contribution in [1.29, 1.82) is 0 Å². The Bertz CT molecular complexity index is 520. The highest BCUT2D eigenvalue weighted by Crippen LogP contribution is 2.27. The first-order valence-electron chi connectivity index (χ1n) is 5.17. The maximum atomic E-state index is 5.82. The van der Waals surface area contributed by atoms with Crippen LogP contribution in [0.2, 0.25) is 0 Å². The zero-order valence-electron chi connectivity index (χ0n) is 9.66. The number of halogens is 1. The van der Waals surface area contributed by atoms with E-state index < -0.39 is 0 Å². The van der Waals surface area contributed by atoms with E-state index in [0.717, 1.165) is 32.9 Å². The van der Waals surface area contributed by atoms with Gasteiger partial charge in [-0.05, 0) is 47.5 Å². The van der Waals surface area contributed by atoms with Gasteiger partial charge >= 0.3 is 0 Å². The summed E-state index contributed by atoms with van der Waals surface area (Å²) in [5.41, 5.74) is 8.68. The molecule has 0 spiro atoms. The van der Waals surface area contributed by atoms with Gasteiger partial charge in [0, 0.05) is 15.9 Å². The van der Waals surface area contributed by atoms with Crippen LogP contribution in [0.1, 0.15) is 17.0 Å². The molecule has 17 heavy (non-hydrogen) atoms. The fraction of sp³-hybridized carbons (Fsp3) is 0.250. The number of aromatic nitrogens is 1. The number of rotatable bonds is 3. The number of aryl methyl sites for hydroxylation is 2. The quantitative estimate of drug-likeness (QED) is 0.689. The lowest BCUT2D eigenvalue weighted by molar-refractivity contribution is 0.431. The van der Waals surface area contributed by atoms with Crippen LogP contribution < -0.4 is 5.73 Å². The van der Waals surface area contributed by atoms with Crippen LogP contribution >= 0.6 is 27.7 Å². The molecule has 90 valence electrons. The number of oxazole rings is 1. The predicted octanol–water partition coefficient (Wildman–Crippen LogP) is 3.93. The van der Waals surface area contributed by atoms with Gasteiger partial charge in [0.2, 0.25) is 0 Å². The molecule has 2 rings (SSSR count). The van der Waals surface area contributed by atoms with E-state index in [0.29, 0.717) is 5.22 Å². The highest BCUT2D eigenvalue weighted by Gasteiger charge is 2.06. The van der Waals surface area contributed by atoms with Gasteiger partial charge in [-0.25, -0.2) is 4.98 Å². The molecule has 0 unspecified atom stereocenters. The molecule has 0 aliphatic rings. The molecule has 0 amide bonds. The highest BCUT2D eigenvalue weighted by molar-refractivity contribution is 9.10. The Morgan fingerprint density at radius 3 is 2.76 bits per heavy atom. The van der Waals surface area contributed by atoms with E-state index in [1.807, 2.05) is 32.0 Å². The Kier molecular flexibility index (Phi) is 3.79. The minimum Gasteiger partial charge on any atom is -0.437 e. The fourth-order valence-corrected chi connectivity index (χ4v) is 2.43. The minimum absolute atomic E-state index is 0.710. The Labute approximate surface area is 113 Å². The second-order valence-corrected chi connectivity index (χ2v) is 5.55. The summed E-state index contributed by atoms with van der Waals surface area (Å²) in [7, 11) is 0. The van der Waals surface area contributed by atoms with Crippen molar-refractivity contribution in [2.24, 2.45) is 0 Å². The van der Waals surface area contributed by atoms with Gasteiger partial charge in [-0.15, -0.1) is 0 Å². The van der Waals surface area contributed by atoms with Gasteiger partial charge in [0.05, 0.1) is 5.69 Å². The summed E-state index contributed by atoms with van der Waals surface area (Å²) >= 11 is 4.95. The number of anilines is 1. The standard InChI is InChI=1S/C12H13BrN2OS/c1-7-8(2)16-12(15-7)17-6-9-3-4-10(13)11(14)5-9/h3-5H,6,14H2,1-2H3. The molecule has 0 fully saturated rings. The lowest BCUT2D eigenvalue weighted by atomic mass is 10.2. The molecular weight excluding hydrogens is 300 g/mol. The number of hydrogen-bond donors (Lipinski definition) is 1. The molecular formula is C12H13BrN2OS. The number of nitrogen functional groups attached to an aromatic ring is 1. The fourth-order valence-electron chi connectivity index (χ4n) is 1.33. The summed E-state index contributed by atoms with van der Waals surface area (Å²) in [4.78, 5) is 4.32. The monoisotopic (exact) mass is 312 g/mol. The van der Waals surface area contributed by atoms with Crippen molar-refractivity contribution < 1.29 is 4.42 Å². The van der Waals surface area contributed by atoms with Gasteiger partial charge in [0.15, 0.2) is 0 Å². The number of nitrogens with two attached hydrogens (primary N) is 1. The average Bonchev–Trinajstić information content (AvgIpc) is 2.60. The summed E-state index contributed by atoms with van der Waals surface area (Å²) in [6.07, 6.45) is 0. The molecule has 0 bridgehead atoms. The van der Waals surface area contributed by atoms with Gasteiger partial charge in [-0.3, -0.25) is 0 Å². The van der Waals surface area contributed by atoms with Crippen molar-refractivity contribution in [3.63, 3.8) is 0 Å². The Hall–Kier alpha value is -0.940. The maximum Gasteiger partial charge on any atom is 0.256 e. The summed E-state index contributed by atoms with van der Waals surface area (Å²) in [6.45, 7) is 3.87. The molecule has 0 aliphatic carbocycles. The lowest BCUT2D eigenvalue weighted by Crippen LogP contribution is -1.89. The minimum atomic E-state index is 0.710. The van der Waals surface area contributed by atoms with Gasteiger partial charge < -0.3 is 10.2 Å². The van der Waals surface area contributed by atoms with E-state index in [4.69, 9.17) is 10.2 Å². The first-order valence-corrected chi connectivity index (χ1v) is 6.95. The van der Waals surface area contributed by atoms with E-state index in [2.05, 4.69) is 20.9 Å². The van der Waals surface area contributed by atoms with E-state index in [1.165, 1.54) is 0 Å². The average molecular weight is 313 g/mol. The van der Waals surface area contributed by atoms with E-state index in [1.54, 1.807) is 11.8 Å². The first-order chi connectivity index (χ1) is 8.06. The van der Waals surface area contributed by atoms with Crippen LogP contribution in [0.3, 0.4) is 0 Å². The maximum absolute atomic E-state index is 5.82. The van der Waals surface area contributed by atoms with E-state index in [9.17, 15) is 0 Å². The number of nitrogens with zero attached hydrogens (tertiary/aromatic N) is 1. The zero-order valence-corrected chi connectivity index (χ0v) is 12.1. The summed E-state index contributed by atoms with van der Waals surface area (Å²) < 4.78 is 6.43. The molecule has 2 N–H and O–H groups in total. The molecule has 3 nitrogen and oxygen atoms in total. The number of thioether (sulfide) groups is 1. The Morgan fingerprint density at radius 1 is 1.41 bits per heavy atom. The van der Waals surface area contributed by atoms with Crippen molar-refractivity contribution in [3.8, 4) is 0 Å². The Morgan fingerprint density at radius 2 is 2.18 bits per heavy atom. The molecule has 1 aromatic carbocycles. The van der Waals surface area contributed by atoms with E-state index in [-0.39, 0.29) is 0 Å². The van der Waals surface area contributed by atoms with Crippen molar-refractivity contribution in [1.82, 2.24) is 4.98 Å². The van der Waals surface area contributed by atoms with Crippen LogP contribution in [-0.2, 0) is 5.75 Å². The molecule has 1 aromatic heterocycles. The largest absolute Gasteiger partial charge is 0.437 e. The highest BCUT2D eigenvalue weighted by atomic mass is 79.9. The van der Waals surface area contributed by atoms with Crippen LogP contribution in [0.4, 0.5) is 5.69 Å². The summed E-state index contributed by atoms with van der Waals surface area (Å²) in [5.74, 6) is 1.68. The SMILES string of the molecule is Cc1nc(SCc2ccc(Br)c(N)c2)oc1C. The van der Waals surface area contributed by atoms with Crippen LogP contribution in [0, 0.1) is 13.8 Å². The second kappa shape index (κ2) is 5.14. The summed E-state index contributed by atoms with van der Waals surface area (Å²) in [5, 5.41) is 0.710. The lowest BCUT2D eigenvalue weighted by Gasteiger charge is -2.02. The number of benzene rings is 1. The van der Waals surface area contributed by atoms with Gasteiger partial charge in [0.25, 0.3) is 5.22 Å². The van der Waals surface area contributed by atoms with Gasteiger partial charge in [-0.1, -0.05) is 17.8 Å².